The predicted octanol–water partition coefficient (Wildman–Crippen LogP) is 5.03. The fourth-order valence-electron chi connectivity index (χ4n) is 1.82. The van der Waals surface area contributed by atoms with Gasteiger partial charge < -0.3 is 0 Å². The maximum Gasteiger partial charge on any atom is 0.0478 e. The van der Waals surface area contributed by atoms with Crippen LogP contribution in [-0.2, 0) is 6.42 Å². The van der Waals surface area contributed by atoms with Gasteiger partial charge in [0, 0.05) is 28.2 Å². The molecule has 0 saturated heterocycles. The van der Waals surface area contributed by atoms with Gasteiger partial charge in [0.25, 0.3) is 0 Å². The van der Waals surface area contributed by atoms with Crippen LogP contribution in [0.25, 0.3) is 0 Å². The number of pyridine rings is 1. The lowest BCUT2D eigenvalue weighted by Crippen LogP contribution is -1.99. The van der Waals surface area contributed by atoms with Crippen LogP contribution in [0.1, 0.15) is 27.2 Å². The molecule has 1 unspecified atom stereocenters. The van der Waals surface area contributed by atoms with Crippen molar-refractivity contribution in [2.75, 3.05) is 0 Å². The van der Waals surface area contributed by atoms with Gasteiger partial charge in [-0.3, -0.25) is 4.98 Å². The first-order chi connectivity index (χ1) is 8.58. The van der Waals surface area contributed by atoms with Gasteiger partial charge in [-0.05, 0) is 36.6 Å². The van der Waals surface area contributed by atoms with Gasteiger partial charge in [0.05, 0.1) is 0 Å². The second kappa shape index (κ2) is 5.85. The Morgan fingerprint density at radius 1 is 1.22 bits per heavy atom. The molecule has 18 heavy (non-hydrogen) atoms. The van der Waals surface area contributed by atoms with Gasteiger partial charge >= 0.3 is 0 Å². The minimum Gasteiger partial charge on any atom is -0.261 e. The Balaban J connectivity index is 2.19. The van der Waals surface area contributed by atoms with Gasteiger partial charge in [0.2, 0.25) is 0 Å². The lowest BCUT2D eigenvalue weighted by atomic mass is 10.0. The Kier molecular flexibility index (Phi) is 4.41. The summed E-state index contributed by atoms with van der Waals surface area (Å²) in [5, 5.41) is 0.839. The van der Waals surface area contributed by atoms with E-state index >= 15 is 0 Å². The van der Waals surface area contributed by atoms with E-state index in [2.05, 4.69) is 39.1 Å². The third-order valence-electron chi connectivity index (χ3n) is 2.92. The Bertz CT molecular complexity index is 537. The highest BCUT2D eigenvalue weighted by atomic mass is 79.9. The number of hydrogen-bond donors (Lipinski definition) is 0. The molecule has 2 rings (SSSR count). The molecule has 0 aliphatic carbocycles. The summed E-state index contributed by atoms with van der Waals surface area (Å²) in [5.74, 6) is 0. The SMILES string of the molecule is Cc1ccc(CC(Br)c2cccc(C)c2Cl)nc1. The van der Waals surface area contributed by atoms with Crippen molar-refractivity contribution in [3.63, 3.8) is 0 Å². The Labute approximate surface area is 121 Å². The summed E-state index contributed by atoms with van der Waals surface area (Å²) >= 11 is 10.0. The first-order valence-electron chi connectivity index (χ1n) is 5.88. The van der Waals surface area contributed by atoms with E-state index in [9.17, 15) is 0 Å². The fourth-order valence-corrected chi connectivity index (χ4v) is 2.93. The van der Waals surface area contributed by atoms with Crippen molar-refractivity contribution in [1.29, 1.82) is 0 Å². The van der Waals surface area contributed by atoms with Crippen molar-refractivity contribution < 1.29 is 0 Å². The molecule has 94 valence electrons. The summed E-state index contributed by atoms with van der Waals surface area (Å²) in [4.78, 5) is 4.62. The monoisotopic (exact) mass is 323 g/mol. The van der Waals surface area contributed by atoms with Crippen molar-refractivity contribution in [2.45, 2.75) is 25.1 Å². The zero-order valence-corrected chi connectivity index (χ0v) is 12.8. The van der Waals surface area contributed by atoms with Gasteiger partial charge in [-0.2, -0.15) is 0 Å². The molecule has 0 amide bonds. The first kappa shape index (κ1) is 13.6. The molecule has 1 heterocycles. The molecule has 0 fully saturated rings. The quantitative estimate of drug-likeness (QED) is 0.722. The molecule has 1 atom stereocenters. The zero-order chi connectivity index (χ0) is 13.1. The molecule has 0 bridgehead atoms. The highest BCUT2D eigenvalue weighted by molar-refractivity contribution is 9.09. The number of nitrogens with zero attached hydrogens (tertiary/aromatic N) is 1. The normalized spacial score (nSPS) is 12.4. The van der Waals surface area contributed by atoms with E-state index in [4.69, 9.17) is 11.6 Å². The van der Waals surface area contributed by atoms with Crippen molar-refractivity contribution in [2.24, 2.45) is 0 Å². The van der Waals surface area contributed by atoms with Gasteiger partial charge in [-0.15, -0.1) is 0 Å². The number of aromatic nitrogens is 1. The molecule has 0 radical (unpaired) electrons. The first-order valence-corrected chi connectivity index (χ1v) is 7.18. The van der Waals surface area contributed by atoms with E-state index in [-0.39, 0.29) is 4.83 Å². The van der Waals surface area contributed by atoms with Gasteiger partial charge in [-0.1, -0.05) is 51.8 Å². The van der Waals surface area contributed by atoms with Crippen LogP contribution in [0.3, 0.4) is 0 Å². The average molecular weight is 325 g/mol. The van der Waals surface area contributed by atoms with Crippen molar-refractivity contribution in [3.8, 4) is 0 Å². The van der Waals surface area contributed by atoms with Gasteiger partial charge in [0.15, 0.2) is 0 Å². The molecule has 1 aromatic carbocycles. The second-order valence-electron chi connectivity index (χ2n) is 4.48. The van der Waals surface area contributed by atoms with Crippen molar-refractivity contribution in [1.82, 2.24) is 4.98 Å². The molecule has 3 heteroatoms. The molecular weight excluding hydrogens is 310 g/mol. The maximum atomic E-state index is 6.33. The smallest absolute Gasteiger partial charge is 0.0478 e. The number of hydrogen-bond acceptors (Lipinski definition) is 1. The van der Waals surface area contributed by atoms with E-state index in [1.807, 2.05) is 32.2 Å². The Hall–Kier alpha value is -0.860. The van der Waals surface area contributed by atoms with E-state index in [1.54, 1.807) is 0 Å². The number of halogens is 2. The summed E-state index contributed by atoms with van der Waals surface area (Å²) < 4.78 is 0. The zero-order valence-electron chi connectivity index (χ0n) is 10.5. The molecular formula is C15H15BrClN. The van der Waals surface area contributed by atoms with Crippen LogP contribution >= 0.6 is 27.5 Å². The van der Waals surface area contributed by atoms with Crippen LogP contribution in [0.5, 0.6) is 0 Å². The van der Waals surface area contributed by atoms with Crippen molar-refractivity contribution in [3.05, 3.63) is 63.9 Å². The molecule has 0 N–H and O–H groups in total. The maximum absolute atomic E-state index is 6.33. The van der Waals surface area contributed by atoms with Crippen LogP contribution in [0, 0.1) is 13.8 Å². The molecule has 0 spiro atoms. The second-order valence-corrected chi connectivity index (χ2v) is 5.96. The van der Waals surface area contributed by atoms with Crippen LogP contribution in [0.4, 0.5) is 0 Å². The summed E-state index contributed by atoms with van der Waals surface area (Å²) in [5.41, 5.74) is 4.48. The van der Waals surface area contributed by atoms with Gasteiger partial charge in [0.1, 0.15) is 0 Å². The molecule has 0 saturated carbocycles. The van der Waals surface area contributed by atoms with E-state index in [1.165, 1.54) is 5.56 Å². The third-order valence-corrected chi connectivity index (χ3v) is 4.25. The third kappa shape index (κ3) is 3.12. The minimum atomic E-state index is 0.195. The lowest BCUT2D eigenvalue weighted by molar-refractivity contribution is 0.901. The molecule has 0 aliphatic heterocycles. The summed E-state index contributed by atoms with van der Waals surface area (Å²) in [6.45, 7) is 4.06. The molecule has 0 aliphatic rings. The summed E-state index contributed by atoms with van der Waals surface area (Å²) in [7, 11) is 0. The van der Waals surface area contributed by atoms with Crippen LogP contribution in [0.2, 0.25) is 5.02 Å². The van der Waals surface area contributed by atoms with E-state index in [0.717, 1.165) is 28.3 Å². The summed E-state index contributed by atoms with van der Waals surface area (Å²) in [6.07, 6.45) is 2.73. The van der Waals surface area contributed by atoms with E-state index in [0.29, 0.717) is 0 Å². The molecule has 2 aromatic rings. The number of rotatable bonds is 3. The topological polar surface area (TPSA) is 12.9 Å². The molecule has 1 aromatic heterocycles. The Morgan fingerprint density at radius 3 is 2.67 bits per heavy atom. The highest BCUT2D eigenvalue weighted by Gasteiger charge is 2.13. The molecule has 1 nitrogen and oxygen atoms in total. The fraction of sp³-hybridized carbons (Fsp3) is 0.267. The lowest BCUT2D eigenvalue weighted by Gasteiger charge is -2.13. The van der Waals surface area contributed by atoms with Crippen LogP contribution in [0.15, 0.2) is 36.5 Å². The number of benzene rings is 1. The Morgan fingerprint density at radius 2 is 2.00 bits per heavy atom. The minimum absolute atomic E-state index is 0.195. The van der Waals surface area contributed by atoms with Gasteiger partial charge in [-0.25, -0.2) is 0 Å². The van der Waals surface area contributed by atoms with Crippen molar-refractivity contribution >= 4 is 27.5 Å². The standard InChI is InChI=1S/C15H15BrClN/c1-10-6-7-12(18-9-10)8-14(16)13-5-3-4-11(2)15(13)17/h3-7,9,14H,8H2,1-2H3. The van der Waals surface area contributed by atoms with Crippen LogP contribution < -0.4 is 0 Å². The van der Waals surface area contributed by atoms with E-state index < -0.39 is 0 Å². The average Bonchev–Trinajstić information content (AvgIpc) is 2.35. The highest BCUT2D eigenvalue weighted by Crippen LogP contribution is 2.33. The number of aryl methyl sites for hydroxylation is 2. The van der Waals surface area contributed by atoms with Crippen LogP contribution in [-0.4, -0.2) is 4.98 Å². The summed E-state index contributed by atoms with van der Waals surface area (Å²) in [6, 6.07) is 10.3. The largest absolute Gasteiger partial charge is 0.261 e. The predicted molar refractivity (Wildman–Crippen MR) is 80.5 cm³/mol. The number of alkyl halides is 1.